The molecule has 0 spiro atoms. The van der Waals surface area contributed by atoms with Crippen LogP contribution in [0.25, 0.3) is 0 Å². The number of benzene rings is 2. The molecule has 0 radical (unpaired) electrons. The monoisotopic (exact) mass is 393 g/mol. The Kier molecular flexibility index (Phi) is 6.52. The van der Waals surface area contributed by atoms with Crippen molar-refractivity contribution in [1.29, 1.82) is 0 Å². The summed E-state index contributed by atoms with van der Waals surface area (Å²) in [5, 5.41) is 5.87. The standard InChI is InChI=1S/C22H20FN3O3/c1-2-29-22(28)18-5-3-4-6-19(18)26-21(27)20-13-17(11-12-24-20)25-14-15-7-9-16(23)10-8-15/h3-13H,2,14H2,1H3,(H,24,25)(H,26,27). The number of halogens is 1. The summed E-state index contributed by atoms with van der Waals surface area (Å²) >= 11 is 0. The molecule has 6 nitrogen and oxygen atoms in total. The summed E-state index contributed by atoms with van der Waals surface area (Å²) in [7, 11) is 0. The molecule has 1 aromatic heterocycles. The van der Waals surface area contributed by atoms with E-state index in [1.807, 2.05) is 0 Å². The van der Waals surface area contributed by atoms with Crippen LogP contribution in [-0.2, 0) is 11.3 Å². The van der Waals surface area contributed by atoms with Gasteiger partial charge < -0.3 is 15.4 Å². The van der Waals surface area contributed by atoms with Crippen LogP contribution in [0.1, 0.15) is 33.3 Å². The van der Waals surface area contributed by atoms with Gasteiger partial charge in [-0.1, -0.05) is 24.3 Å². The zero-order valence-electron chi connectivity index (χ0n) is 15.8. The molecule has 0 aliphatic rings. The number of pyridine rings is 1. The number of anilines is 2. The third kappa shape index (κ3) is 5.38. The molecular weight excluding hydrogens is 373 g/mol. The Morgan fingerprint density at radius 3 is 2.59 bits per heavy atom. The molecule has 1 amide bonds. The Hall–Kier alpha value is -3.74. The van der Waals surface area contributed by atoms with E-state index in [1.165, 1.54) is 18.3 Å². The zero-order chi connectivity index (χ0) is 20.6. The molecular formula is C22H20FN3O3. The maximum atomic E-state index is 13.0. The van der Waals surface area contributed by atoms with Crippen LogP contribution in [-0.4, -0.2) is 23.5 Å². The number of ether oxygens (including phenoxy) is 1. The van der Waals surface area contributed by atoms with Crippen molar-refractivity contribution in [3.8, 4) is 0 Å². The van der Waals surface area contributed by atoms with Gasteiger partial charge in [0.25, 0.3) is 5.91 Å². The van der Waals surface area contributed by atoms with Crippen LogP contribution in [0.15, 0.2) is 66.9 Å². The Morgan fingerprint density at radius 2 is 1.83 bits per heavy atom. The van der Waals surface area contributed by atoms with Gasteiger partial charge in [-0.15, -0.1) is 0 Å². The molecule has 2 N–H and O–H groups in total. The molecule has 0 unspecified atom stereocenters. The molecule has 0 atom stereocenters. The summed E-state index contributed by atoms with van der Waals surface area (Å²) in [6.07, 6.45) is 1.51. The second kappa shape index (κ2) is 9.45. The van der Waals surface area contributed by atoms with Crippen molar-refractivity contribution in [1.82, 2.24) is 4.98 Å². The van der Waals surface area contributed by atoms with Crippen LogP contribution in [0, 0.1) is 5.82 Å². The molecule has 0 fully saturated rings. The molecule has 0 bridgehead atoms. The molecule has 1 heterocycles. The largest absolute Gasteiger partial charge is 0.462 e. The molecule has 0 aliphatic heterocycles. The average Bonchev–Trinajstić information content (AvgIpc) is 2.74. The van der Waals surface area contributed by atoms with Gasteiger partial charge in [-0.25, -0.2) is 9.18 Å². The van der Waals surface area contributed by atoms with Gasteiger partial charge in [-0.05, 0) is 48.9 Å². The van der Waals surface area contributed by atoms with Crippen LogP contribution in [0.2, 0.25) is 0 Å². The molecule has 29 heavy (non-hydrogen) atoms. The van der Waals surface area contributed by atoms with E-state index in [-0.39, 0.29) is 23.7 Å². The predicted octanol–water partition coefficient (Wildman–Crippen LogP) is 4.26. The first-order valence-electron chi connectivity index (χ1n) is 9.08. The molecule has 2 aromatic carbocycles. The Balaban J connectivity index is 1.70. The number of nitrogens with one attached hydrogen (secondary N) is 2. The predicted molar refractivity (Wildman–Crippen MR) is 108 cm³/mol. The Labute approximate surface area is 167 Å². The van der Waals surface area contributed by atoms with Crippen LogP contribution >= 0.6 is 0 Å². The number of rotatable bonds is 7. The number of amides is 1. The maximum Gasteiger partial charge on any atom is 0.340 e. The number of hydrogen-bond donors (Lipinski definition) is 2. The average molecular weight is 393 g/mol. The zero-order valence-corrected chi connectivity index (χ0v) is 15.8. The van der Waals surface area contributed by atoms with Gasteiger partial charge in [-0.2, -0.15) is 0 Å². The third-order valence-corrected chi connectivity index (χ3v) is 4.07. The molecule has 3 rings (SSSR count). The van der Waals surface area contributed by atoms with Crippen molar-refractivity contribution in [3.63, 3.8) is 0 Å². The van der Waals surface area contributed by atoms with Gasteiger partial charge in [0.1, 0.15) is 11.5 Å². The fraction of sp³-hybridized carbons (Fsp3) is 0.136. The fourth-order valence-electron chi connectivity index (χ4n) is 2.64. The molecule has 0 saturated heterocycles. The minimum Gasteiger partial charge on any atom is -0.462 e. The number of hydrogen-bond acceptors (Lipinski definition) is 5. The number of nitrogens with zero attached hydrogens (tertiary/aromatic N) is 1. The number of esters is 1. The summed E-state index contributed by atoms with van der Waals surface area (Å²) in [6, 6.07) is 16.1. The first-order chi connectivity index (χ1) is 14.1. The highest BCUT2D eigenvalue weighted by atomic mass is 19.1. The van der Waals surface area contributed by atoms with Gasteiger partial charge >= 0.3 is 5.97 Å². The van der Waals surface area contributed by atoms with E-state index in [9.17, 15) is 14.0 Å². The van der Waals surface area contributed by atoms with Crippen molar-refractivity contribution in [2.45, 2.75) is 13.5 Å². The van der Waals surface area contributed by atoms with Crippen LogP contribution in [0.4, 0.5) is 15.8 Å². The molecule has 7 heteroatoms. The summed E-state index contributed by atoms with van der Waals surface area (Å²) in [5.41, 5.74) is 2.40. The van der Waals surface area contributed by atoms with Crippen molar-refractivity contribution >= 4 is 23.3 Å². The van der Waals surface area contributed by atoms with Gasteiger partial charge in [0, 0.05) is 18.4 Å². The fourth-order valence-corrected chi connectivity index (χ4v) is 2.64. The Bertz CT molecular complexity index is 1010. The highest BCUT2D eigenvalue weighted by molar-refractivity contribution is 6.07. The van der Waals surface area contributed by atoms with Gasteiger partial charge in [-0.3, -0.25) is 9.78 Å². The lowest BCUT2D eigenvalue weighted by Gasteiger charge is -2.11. The highest BCUT2D eigenvalue weighted by Gasteiger charge is 2.15. The van der Waals surface area contributed by atoms with Crippen LogP contribution < -0.4 is 10.6 Å². The smallest absolute Gasteiger partial charge is 0.340 e. The first-order valence-corrected chi connectivity index (χ1v) is 9.08. The highest BCUT2D eigenvalue weighted by Crippen LogP contribution is 2.18. The number of para-hydroxylation sites is 1. The quantitative estimate of drug-likeness (QED) is 0.586. The second-order valence-electron chi connectivity index (χ2n) is 6.13. The summed E-state index contributed by atoms with van der Waals surface area (Å²) in [5.74, 6) is -1.25. The van der Waals surface area contributed by atoms with Crippen molar-refractivity contribution in [2.75, 3.05) is 17.2 Å². The van der Waals surface area contributed by atoms with E-state index in [4.69, 9.17) is 4.74 Å². The van der Waals surface area contributed by atoms with Crippen LogP contribution in [0.5, 0.6) is 0 Å². The van der Waals surface area contributed by atoms with E-state index in [0.29, 0.717) is 17.9 Å². The lowest BCUT2D eigenvalue weighted by Crippen LogP contribution is -2.17. The second-order valence-corrected chi connectivity index (χ2v) is 6.13. The number of carbonyl (C=O) groups excluding carboxylic acids is 2. The van der Waals surface area contributed by atoms with E-state index in [1.54, 1.807) is 55.5 Å². The van der Waals surface area contributed by atoms with Gasteiger partial charge in [0.05, 0.1) is 17.9 Å². The summed E-state index contributed by atoms with van der Waals surface area (Å²) in [6.45, 7) is 2.43. The minimum absolute atomic E-state index is 0.188. The lowest BCUT2D eigenvalue weighted by atomic mass is 10.1. The Morgan fingerprint density at radius 1 is 1.07 bits per heavy atom. The van der Waals surface area contributed by atoms with E-state index >= 15 is 0 Å². The lowest BCUT2D eigenvalue weighted by molar-refractivity contribution is 0.0527. The van der Waals surface area contributed by atoms with E-state index in [0.717, 1.165) is 5.56 Å². The summed E-state index contributed by atoms with van der Waals surface area (Å²) < 4.78 is 18.0. The van der Waals surface area contributed by atoms with E-state index < -0.39 is 11.9 Å². The maximum absolute atomic E-state index is 13.0. The van der Waals surface area contributed by atoms with Crippen molar-refractivity contribution < 1.29 is 18.7 Å². The topological polar surface area (TPSA) is 80.3 Å². The normalized spacial score (nSPS) is 10.3. The summed E-state index contributed by atoms with van der Waals surface area (Å²) in [4.78, 5) is 28.8. The van der Waals surface area contributed by atoms with Gasteiger partial charge in [0.2, 0.25) is 0 Å². The molecule has 0 saturated carbocycles. The SMILES string of the molecule is CCOC(=O)c1ccccc1NC(=O)c1cc(NCc2ccc(F)cc2)ccn1. The number of carbonyl (C=O) groups is 2. The number of aromatic nitrogens is 1. The van der Waals surface area contributed by atoms with Crippen LogP contribution in [0.3, 0.4) is 0 Å². The van der Waals surface area contributed by atoms with Crippen molar-refractivity contribution in [2.24, 2.45) is 0 Å². The molecule has 3 aromatic rings. The van der Waals surface area contributed by atoms with Gasteiger partial charge in [0.15, 0.2) is 0 Å². The van der Waals surface area contributed by atoms with E-state index in [2.05, 4.69) is 15.6 Å². The molecule has 148 valence electrons. The minimum atomic E-state index is -0.508. The molecule has 0 aliphatic carbocycles. The third-order valence-electron chi connectivity index (χ3n) is 4.07. The first kappa shape index (κ1) is 20.0. The van der Waals surface area contributed by atoms with Crippen molar-refractivity contribution in [3.05, 3.63) is 89.5 Å².